The smallest absolute Gasteiger partial charge is 0.302 e. The van der Waals surface area contributed by atoms with Gasteiger partial charge in [0.1, 0.15) is 13.2 Å². The van der Waals surface area contributed by atoms with E-state index < -0.39 is 11.9 Å². The molecule has 8 nitrogen and oxygen atoms in total. The minimum atomic E-state index is -0.550. The predicted octanol–water partition coefficient (Wildman–Crippen LogP) is 5.36. The highest BCUT2D eigenvalue weighted by atomic mass is 16.5. The molecule has 0 atom stereocenters. The van der Waals surface area contributed by atoms with Gasteiger partial charge in [-0.1, -0.05) is 50.4 Å². The van der Waals surface area contributed by atoms with Crippen LogP contribution >= 0.6 is 0 Å². The quantitative estimate of drug-likeness (QED) is 0.377. The lowest BCUT2D eigenvalue weighted by atomic mass is 10.1. The number of allylic oxidation sites excluding steroid dienone is 5. The van der Waals surface area contributed by atoms with Crippen LogP contribution in [0.4, 0.5) is 11.4 Å². The Kier molecular flexibility index (Phi) is 12.4. The first-order chi connectivity index (χ1) is 18.6. The van der Waals surface area contributed by atoms with E-state index in [1.54, 1.807) is 60.7 Å². The van der Waals surface area contributed by atoms with Crippen LogP contribution in [0.25, 0.3) is 0 Å². The highest BCUT2D eigenvalue weighted by molar-refractivity contribution is 6.03. The number of esters is 2. The van der Waals surface area contributed by atoms with Crippen molar-refractivity contribution in [1.82, 2.24) is 0 Å². The zero-order valence-corrected chi connectivity index (χ0v) is 20.6. The fraction of sp³-hybridized carbons (Fsp3) is 0.214. The molecule has 0 saturated carbocycles. The van der Waals surface area contributed by atoms with Crippen LogP contribution in [0.1, 0.15) is 43.4 Å². The van der Waals surface area contributed by atoms with E-state index in [-0.39, 0.29) is 32.9 Å². The van der Waals surface area contributed by atoms with Crippen molar-refractivity contribution in [2.45, 2.75) is 41.3 Å². The maximum absolute atomic E-state index is 10.8. The molecule has 0 aromatic heterocycles. The van der Waals surface area contributed by atoms with E-state index >= 15 is 0 Å². The summed E-state index contributed by atoms with van der Waals surface area (Å²) >= 11 is 0. The lowest BCUT2D eigenvalue weighted by Crippen LogP contribution is -2.05. The minimum Gasteiger partial charge on any atom is -0.461 e. The third-order valence-electron chi connectivity index (χ3n) is 4.01. The Morgan fingerprint density at radius 1 is 0.917 bits per heavy atom. The molecule has 2 aromatic rings. The average molecular weight is 497 g/mol. The largest absolute Gasteiger partial charge is 0.461 e. The number of carbonyl (C=O) groups excluding carboxylic acids is 3. The van der Waals surface area contributed by atoms with Crippen LogP contribution in [0.2, 0.25) is 0 Å². The molecular weight excluding hydrogens is 458 g/mol. The molecule has 4 N–H and O–H groups in total. The monoisotopic (exact) mass is 496 g/mol. The highest BCUT2D eigenvalue weighted by Gasteiger charge is 1.98. The maximum Gasteiger partial charge on any atom is 0.302 e. The van der Waals surface area contributed by atoms with Gasteiger partial charge in [-0.3, -0.25) is 14.4 Å². The van der Waals surface area contributed by atoms with E-state index in [1.165, 1.54) is 14.3 Å². The minimum absolute atomic E-state index is 0.131. The second-order valence-corrected chi connectivity index (χ2v) is 7.14. The van der Waals surface area contributed by atoms with Gasteiger partial charge in [0.2, 0.25) is 5.91 Å². The van der Waals surface area contributed by atoms with Crippen molar-refractivity contribution in [3.63, 3.8) is 0 Å². The topological polar surface area (TPSA) is 132 Å². The third kappa shape index (κ3) is 15.4. The molecule has 1 aliphatic rings. The zero-order valence-electron chi connectivity index (χ0n) is 23.6. The van der Waals surface area contributed by atoms with Gasteiger partial charge in [-0.05, 0) is 53.1 Å². The molecule has 0 aliphatic heterocycles. The molecule has 192 valence electrons. The number of amides is 1. The molecule has 8 heteroatoms. The van der Waals surface area contributed by atoms with Gasteiger partial charge in [0.05, 0.1) is 5.71 Å². The molecule has 36 heavy (non-hydrogen) atoms. The van der Waals surface area contributed by atoms with Crippen LogP contribution in [0, 0.1) is 5.41 Å². The number of nitrogen functional groups attached to an aromatic ring is 1. The predicted molar refractivity (Wildman–Crippen MR) is 144 cm³/mol. The lowest BCUT2D eigenvalue weighted by molar-refractivity contribution is -0.143. The first-order valence-electron chi connectivity index (χ1n) is 12.8. The summed E-state index contributed by atoms with van der Waals surface area (Å²) in [6.07, 6.45) is 7.09. The Hall–Kier alpha value is -4.46. The van der Waals surface area contributed by atoms with E-state index in [0.717, 1.165) is 16.7 Å². The molecule has 0 spiro atoms. The number of rotatable bonds is 5. The van der Waals surface area contributed by atoms with E-state index in [1.807, 2.05) is 12.2 Å². The van der Waals surface area contributed by atoms with Crippen LogP contribution < -0.4 is 11.1 Å². The van der Waals surface area contributed by atoms with Crippen molar-refractivity contribution in [1.29, 1.82) is 5.41 Å². The summed E-state index contributed by atoms with van der Waals surface area (Å²) in [6.45, 7) is 4.76. The van der Waals surface area contributed by atoms with Gasteiger partial charge in [-0.25, -0.2) is 0 Å². The Morgan fingerprint density at radius 3 is 1.75 bits per heavy atom. The highest BCUT2D eigenvalue weighted by Crippen LogP contribution is 2.10. The van der Waals surface area contributed by atoms with Crippen LogP contribution in [0.3, 0.4) is 0 Å². The van der Waals surface area contributed by atoms with Crippen molar-refractivity contribution in [2.24, 2.45) is 0 Å². The van der Waals surface area contributed by atoms with Crippen molar-refractivity contribution in [3.05, 3.63) is 96.1 Å². The molecule has 0 unspecified atom stereocenters. The molecular formula is C28H35N3O5. The van der Waals surface area contributed by atoms with Crippen molar-refractivity contribution in [2.75, 3.05) is 11.1 Å². The normalized spacial score (nSPS) is 11.9. The summed E-state index contributed by atoms with van der Waals surface area (Å²) in [4.78, 5) is 32.1. The summed E-state index contributed by atoms with van der Waals surface area (Å²) in [6, 6.07) is 14.0. The van der Waals surface area contributed by atoms with Gasteiger partial charge in [-0.2, -0.15) is 0 Å². The molecule has 0 saturated heterocycles. The Bertz CT molecular complexity index is 1090. The van der Waals surface area contributed by atoms with Gasteiger partial charge >= 0.3 is 11.9 Å². The van der Waals surface area contributed by atoms with Gasteiger partial charge in [0.25, 0.3) is 0 Å². The Labute approximate surface area is 217 Å². The van der Waals surface area contributed by atoms with Crippen molar-refractivity contribution in [3.8, 4) is 0 Å². The number of anilines is 2. The van der Waals surface area contributed by atoms with Crippen molar-refractivity contribution >= 4 is 34.9 Å². The maximum atomic E-state index is 10.8. The molecule has 2 aromatic carbocycles. The van der Waals surface area contributed by atoms with E-state index in [4.69, 9.17) is 24.7 Å². The summed E-state index contributed by atoms with van der Waals surface area (Å²) in [5.41, 5.74) is 10.0. The third-order valence-corrected chi connectivity index (χ3v) is 4.01. The molecule has 1 aliphatic carbocycles. The van der Waals surface area contributed by atoms with Gasteiger partial charge in [-0.15, -0.1) is 0 Å². The number of ether oxygens (including phenoxy) is 2. The lowest BCUT2D eigenvalue weighted by Gasteiger charge is -2.04. The number of benzene rings is 2. The number of nitrogens with two attached hydrogens (primary N) is 1. The number of hydrogen-bond acceptors (Lipinski definition) is 7. The first-order valence-corrected chi connectivity index (χ1v) is 10.4. The number of hydrogen-bond donors (Lipinski definition) is 3. The summed E-state index contributed by atoms with van der Waals surface area (Å²) < 4.78 is 28.8. The summed E-state index contributed by atoms with van der Waals surface area (Å²) in [7, 11) is 1.25. The standard InChI is InChI=1S/C11H13NO3.C9H11NO2.C7H7N.CH4/c1-8(13)12-11-5-3-10(4-6-11)7-15-9(2)14;1-7(11)12-6-8-2-4-9(10)5-3-8;1-6-2-4-7(8)5-3-6;/h3-6H,7H2,1-2H3,(H,12,13);2-5H,6,10H2,1H3;2-5,8H,1H2;1H4/i2D;1D;;1D. The van der Waals surface area contributed by atoms with E-state index in [9.17, 15) is 14.4 Å². The van der Waals surface area contributed by atoms with Crippen LogP contribution in [-0.4, -0.2) is 23.6 Å². The van der Waals surface area contributed by atoms with Crippen molar-refractivity contribution < 1.29 is 28.0 Å². The van der Waals surface area contributed by atoms with Gasteiger partial charge in [0, 0.05) is 36.2 Å². The molecule has 1 amide bonds. The van der Waals surface area contributed by atoms with Gasteiger partial charge in [0.15, 0.2) is 0 Å². The number of carbonyl (C=O) groups is 3. The van der Waals surface area contributed by atoms with Gasteiger partial charge < -0.3 is 25.9 Å². The molecule has 0 bridgehead atoms. The molecule has 0 radical (unpaired) electrons. The fourth-order valence-corrected chi connectivity index (χ4v) is 2.33. The SMILES string of the molecule is C=C1C=CC(=N)C=C1.[2H]C.[2H]CC(=O)OCc1ccc(N)cc1.[2H]CC(=O)OCc1ccc(NC(C)=O)cc1. The molecule has 3 rings (SSSR count). The molecule has 0 fully saturated rings. The number of nitrogens with one attached hydrogen (secondary N) is 2. The Balaban J connectivity index is 0.000000563. The first kappa shape index (κ1) is 26.2. The summed E-state index contributed by atoms with van der Waals surface area (Å²) in [5.74, 6) is -1.20. The van der Waals surface area contributed by atoms with Crippen LogP contribution in [0.15, 0.2) is 85.0 Å². The zero-order chi connectivity index (χ0) is 29.6. The van der Waals surface area contributed by atoms with Crippen LogP contribution in [-0.2, 0) is 37.1 Å². The second-order valence-electron chi connectivity index (χ2n) is 7.14. The average Bonchev–Trinajstić information content (AvgIpc) is 2.95. The van der Waals surface area contributed by atoms with E-state index in [2.05, 4.69) is 11.9 Å². The Morgan fingerprint density at radius 2 is 1.36 bits per heavy atom. The summed E-state index contributed by atoms with van der Waals surface area (Å²) in [5, 5.41) is 9.70. The van der Waals surface area contributed by atoms with E-state index in [0.29, 0.717) is 17.1 Å². The second kappa shape index (κ2) is 17.0. The molecule has 0 heterocycles. The van der Waals surface area contributed by atoms with Crippen LogP contribution in [0.5, 0.6) is 0 Å². The fourth-order valence-electron chi connectivity index (χ4n) is 2.33.